The summed E-state index contributed by atoms with van der Waals surface area (Å²) in [6.45, 7) is 1.93. The summed E-state index contributed by atoms with van der Waals surface area (Å²) >= 11 is 9.32. The zero-order chi connectivity index (χ0) is 13.1. The number of hydrogen-bond donors (Lipinski definition) is 1. The molecule has 0 bridgehead atoms. The van der Waals surface area contributed by atoms with Crippen LogP contribution in [0.2, 0.25) is 5.02 Å². The van der Waals surface area contributed by atoms with Gasteiger partial charge >= 0.3 is 0 Å². The number of rotatable bonds is 3. The smallest absolute Gasteiger partial charge is 0.141 e. The molecule has 4 heteroatoms. The molecule has 2 aromatic carbocycles. The van der Waals surface area contributed by atoms with Crippen LogP contribution in [-0.4, -0.2) is 0 Å². The zero-order valence-electron chi connectivity index (χ0n) is 9.86. The van der Waals surface area contributed by atoms with E-state index in [2.05, 4.69) is 15.9 Å². The molecule has 2 N–H and O–H groups in total. The van der Waals surface area contributed by atoms with Gasteiger partial charge in [0.1, 0.15) is 11.5 Å². The maximum Gasteiger partial charge on any atom is 0.141 e. The van der Waals surface area contributed by atoms with Crippen LogP contribution in [0.25, 0.3) is 0 Å². The topological polar surface area (TPSA) is 35.2 Å². The van der Waals surface area contributed by atoms with Crippen molar-refractivity contribution in [3.8, 4) is 11.5 Å². The Bertz CT molecular complexity index is 557. The lowest BCUT2D eigenvalue weighted by Gasteiger charge is -2.14. The van der Waals surface area contributed by atoms with E-state index in [1.54, 1.807) is 12.1 Å². The van der Waals surface area contributed by atoms with Crippen LogP contribution in [0.5, 0.6) is 11.5 Å². The van der Waals surface area contributed by atoms with Gasteiger partial charge in [0, 0.05) is 16.6 Å². The van der Waals surface area contributed by atoms with E-state index < -0.39 is 0 Å². The van der Waals surface area contributed by atoms with E-state index in [-0.39, 0.29) is 6.04 Å². The SMILES string of the molecule is C[C@H](N)c1ccccc1Oc1ccc(Cl)cc1Br. The molecule has 0 saturated heterocycles. The molecule has 0 radical (unpaired) electrons. The average Bonchev–Trinajstić information content (AvgIpc) is 2.33. The minimum Gasteiger partial charge on any atom is -0.456 e. The highest BCUT2D eigenvalue weighted by atomic mass is 79.9. The molecular formula is C14H13BrClNO. The fraction of sp³-hybridized carbons (Fsp3) is 0.143. The molecule has 0 amide bonds. The summed E-state index contributed by atoms with van der Waals surface area (Å²) in [5.41, 5.74) is 6.89. The Balaban J connectivity index is 2.34. The van der Waals surface area contributed by atoms with E-state index in [0.29, 0.717) is 10.8 Å². The molecule has 0 aliphatic rings. The summed E-state index contributed by atoms with van der Waals surface area (Å²) in [5.74, 6) is 1.48. The van der Waals surface area contributed by atoms with Gasteiger partial charge in [-0.25, -0.2) is 0 Å². The normalized spacial score (nSPS) is 12.2. The van der Waals surface area contributed by atoms with Gasteiger partial charge in [-0.05, 0) is 47.1 Å². The third-order valence-electron chi connectivity index (χ3n) is 2.52. The molecule has 94 valence electrons. The molecule has 18 heavy (non-hydrogen) atoms. The van der Waals surface area contributed by atoms with Crippen LogP contribution in [0.4, 0.5) is 0 Å². The summed E-state index contributed by atoms with van der Waals surface area (Å²) in [6.07, 6.45) is 0. The fourth-order valence-electron chi connectivity index (χ4n) is 1.63. The van der Waals surface area contributed by atoms with Crippen LogP contribution in [0.15, 0.2) is 46.9 Å². The summed E-state index contributed by atoms with van der Waals surface area (Å²) in [7, 11) is 0. The number of para-hydroxylation sites is 1. The molecule has 0 saturated carbocycles. The predicted octanol–water partition coefficient (Wildman–Crippen LogP) is 4.91. The van der Waals surface area contributed by atoms with Gasteiger partial charge in [0.05, 0.1) is 4.47 Å². The molecule has 0 spiro atoms. The number of nitrogens with two attached hydrogens (primary N) is 1. The van der Waals surface area contributed by atoms with Gasteiger partial charge in [-0.2, -0.15) is 0 Å². The lowest BCUT2D eigenvalue weighted by atomic mass is 10.1. The second-order valence-electron chi connectivity index (χ2n) is 4.00. The zero-order valence-corrected chi connectivity index (χ0v) is 12.2. The molecule has 0 fully saturated rings. The number of halogens is 2. The van der Waals surface area contributed by atoms with Crippen LogP contribution in [0, 0.1) is 0 Å². The van der Waals surface area contributed by atoms with Crippen molar-refractivity contribution in [2.45, 2.75) is 13.0 Å². The van der Waals surface area contributed by atoms with Gasteiger partial charge < -0.3 is 10.5 Å². The first-order valence-corrected chi connectivity index (χ1v) is 6.72. The lowest BCUT2D eigenvalue weighted by molar-refractivity contribution is 0.469. The predicted molar refractivity (Wildman–Crippen MR) is 78.3 cm³/mol. The summed E-state index contributed by atoms with van der Waals surface area (Å²) in [5, 5.41) is 0.662. The van der Waals surface area contributed by atoms with Crippen LogP contribution < -0.4 is 10.5 Å². The van der Waals surface area contributed by atoms with Gasteiger partial charge in [0.2, 0.25) is 0 Å². The van der Waals surface area contributed by atoms with Crippen molar-refractivity contribution in [1.29, 1.82) is 0 Å². The van der Waals surface area contributed by atoms with Crippen LogP contribution in [-0.2, 0) is 0 Å². The van der Waals surface area contributed by atoms with E-state index in [1.165, 1.54) is 0 Å². The van der Waals surface area contributed by atoms with E-state index >= 15 is 0 Å². The summed E-state index contributed by atoms with van der Waals surface area (Å²) < 4.78 is 6.69. The number of benzene rings is 2. The largest absolute Gasteiger partial charge is 0.456 e. The maximum absolute atomic E-state index is 5.92. The van der Waals surface area contributed by atoms with E-state index in [9.17, 15) is 0 Å². The first-order chi connectivity index (χ1) is 8.58. The number of ether oxygens (including phenoxy) is 1. The summed E-state index contributed by atoms with van der Waals surface area (Å²) in [6, 6.07) is 13.1. The van der Waals surface area contributed by atoms with Crippen LogP contribution in [0.3, 0.4) is 0 Å². The van der Waals surface area contributed by atoms with Crippen molar-refractivity contribution in [3.63, 3.8) is 0 Å². The Morgan fingerprint density at radius 1 is 1.17 bits per heavy atom. The van der Waals surface area contributed by atoms with Crippen molar-refractivity contribution in [1.82, 2.24) is 0 Å². The van der Waals surface area contributed by atoms with Gasteiger partial charge in [-0.3, -0.25) is 0 Å². The molecule has 0 heterocycles. The Labute approximate surface area is 120 Å². The Morgan fingerprint density at radius 3 is 2.56 bits per heavy atom. The first-order valence-electron chi connectivity index (χ1n) is 5.55. The van der Waals surface area contributed by atoms with Crippen molar-refractivity contribution in [2.75, 3.05) is 0 Å². The molecule has 0 aliphatic heterocycles. The Kier molecular flexibility index (Phi) is 4.27. The quantitative estimate of drug-likeness (QED) is 0.869. The lowest BCUT2D eigenvalue weighted by Crippen LogP contribution is -2.06. The Morgan fingerprint density at radius 2 is 1.89 bits per heavy atom. The second kappa shape index (κ2) is 5.74. The monoisotopic (exact) mass is 325 g/mol. The standard InChI is InChI=1S/C14H13BrClNO/c1-9(17)11-4-2-3-5-13(11)18-14-7-6-10(16)8-12(14)15/h2-9H,17H2,1H3/t9-/m0/s1. The number of hydrogen-bond acceptors (Lipinski definition) is 2. The van der Waals surface area contributed by atoms with E-state index in [1.807, 2.05) is 37.3 Å². The second-order valence-corrected chi connectivity index (χ2v) is 5.29. The molecule has 2 nitrogen and oxygen atoms in total. The highest BCUT2D eigenvalue weighted by molar-refractivity contribution is 9.10. The molecule has 1 atom stereocenters. The Hall–Kier alpha value is -1.03. The van der Waals surface area contributed by atoms with Gasteiger partial charge in [-0.15, -0.1) is 0 Å². The molecule has 0 unspecified atom stereocenters. The highest BCUT2D eigenvalue weighted by Gasteiger charge is 2.10. The van der Waals surface area contributed by atoms with Gasteiger partial charge in [0.15, 0.2) is 0 Å². The molecular weight excluding hydrogens is 314 g/mol. The first kappa shape index (κ1) is 13.4. The molecule has 0 aliphatic carbocycles. The van der Waals surface area contributed by atoms with Gasteiger partial charge in [-0.1, -0.05) is 29.8 Å². The fourth-order valence-corrected chi connectivity index (χ4v) is 2.39. The van der Waals surface area contributed by atoms with Crippen molar-refractivity contribution < 1.29 is 4.74 Å². The van der Waals surface area contributed by atoms with Crippen molar-refractivity contribution >= 4 is 27.5 Å². The van der Waals surface area contributed by atoms with Gasteiger partial charge in [0.25, 0.3) is 0 Å². The minimum absolute atomic E-state index is 0.0766. The highest BCUT2D eigenvalue weighted by Crippen LogP contribution is 2.34. The minimum atomic E-state index is -0.0766. The third-order valence-corrected chi connectivity index (χ3v) is 3.38. The van der Waals surface area contributed by atoms with Crippen molar-refractivity contribution in [2.24, 2.45) is 5.73 Å². The van der Waals surface area contributed by atoms with Crippen LogP contribution >= 0.6 is 27.5 Å². The third kappa shape index (κ3) is 3.05. The van der Waals surface area contributed by atoms with E-state index in [0.717, 1.165) is 15.8 Å². The summed E-state index contributed by atoms with van der Waals surface area (Å²) in [4.78, 5) is 0. The molecule has 0 aromatic heterocycles. The maximum atomic E-state index is 5.92. The van der Waals surface area contributed by atoms with Crippen molar-refractivity contribution in [3.05, 3.63) is 57.5 Å². The molecule has 2 aromatic rings. The van der Waals surface area contributed by atoms with E-state index in [4.69, 9.17) is 22.1 Å². The van der Waals surface area contributed by atoms with Crippen LogP contribution in [0.1, 0.15) is 18.5 Å². The average molecular weight is 327 g/mol. The molecule has 2 rings (SSSR count).